The van der Waals surface area contributed by atoms with Gasteiger partial charge in [0.15, 0.2) is 12.4 Å². The van der Waals surface area contributed by atoms with Crippen LogP contribution in [0.3, 0.4) is 0 Å². The van der Waals surface area contributed by atoms with E-state index in [1.165, 1.54) is 0 Å². The standard InChI is InChI=1S/C22H26N4O3/c1-16(17-8-4-3-5-9-17)23-21(27)15-26(12-13-29-2)14-20-24-19-11-7-6-10-18(19)22(28)25-20/h3-11,16H,12-15H2,1-2H3,(H,23,27)(H,24,25,28)/p+1/t16-/m0/s1. The van der Waals surface area contributed by atoms with Crippen molar-refractivity contribution in [3.8, 4) is 0 Å². The van der Waals surface area contributed by atoms with Gasteiger partial charge in [-0.25, -0.2) is 4.98 Å². The molecule has 0 bridgehead atoms. The van der Waals surface area contributed by atoms with E-state index in [1.807, 2.05) is 55.5 Å². The van der Waals surface area contributed by atoms with Crippen LogP contribution in [-0.4, -0.2) is 42.7 Å². The van der Waals surface area contributed by atoms with E-state index in [2.05, 4.69) is 15.3 Å². The Hall–Kier alpha value is -3.03. The van der Waals surface area contributed by atoms with Gasteiger partial charge in [0.1, 0.15) is 13.1 Å². The summed E-state index contributed by atoms with van der Waals surface area (Å²) in [6, 6.07) is 17.0. The minimum absolute atomic E-state index is 0.0596. The average Bonchev–Trinajstić information content (AvgIpc) is 2.72. The predicted octanol–water partition coefficient (Wildman–Crippen LogP) is 0.832. The molecule has 0 fully saturated rings. The van der Waals surface area contributed by atoms with Crippen LogP contribution >= 0.6 is 0 Å². The van der Waals surface area contributed by atoms with Gasteiger partial charge in [0, 0.05) is 7.11 Å². The first kappa shape index (κ1) is 20.7. The molecule has 0 radical (unpaired) electrons. The van der Waals surface area contributed by atoms with E-state index >= 15 is 0 Å². The molecule has 0 aliphatic heterocycles. The number of para-hydroxylation sites is 1. The van der Waals surface area contributed by atoms with Crippen LogP contribution in [0.4, 0.5) is 0 Å². The number of aromatic nitrogens is 2. The van der Waals surface area contributed by atoms with E-state index in [1.54, 1.807) is 13.2 Å². The molecule has 7 heteroatoms. The van der Waals surface area contributed by atoms with Gasteiger partial charge in [-0.1, -0.05) is 42.5 Å². The maximum Gasteiger partial charge on any atom is 0.275 e. The number of rotatable bonds is 9. The third-order valence-electron chi connectivity index (χ3n) is 4.83. The van der Waals surface area contributed by atoms with Crippen LogP contribution in [0.2, 0.25) is 0 Å². The van der Waals surface area contributed by atoms with Gasteiger partial charge in [-0.15, -0.1) is 0 Å². The van der Waals surface area contributed by atoms with Crippen molar-refractivity contribution in [3.63, 3.8) is 0 Å². The van der Waals surface area contributed by atoms with Crippen molar-refractivity contribution in [2.75, 3.05) is 26.8 Å². The molecule has 152 valence electrons. The Morgan fingerprint density at radius 3 is 2.66 bits per heavy atom. The molecule has 2 atom stereocenters. The molecule has 0 aliphatic carbocycles. The van der Waals surface area contributed by atoms with Crippen LogP contribution in [0.1, 0.15) is 24.4 Å². The van der Waals surface area contributed by atoms with Crippen molar-refractivity contribution in [1.82, 2.24) is 15.3 Å². The number of amides is 1. The van der Waals surface area contributed by atoms with Gasteiger partial charge >= 0.3 is 0 Å². The second-order valence-corrected chi connectivity index (χ2v) is 7.08. The lowest BCUT2D eigenvalue weighted by atomic mass is 10.1. The summed E-state index contributed by atoms with van der Waals surface area (Å²) >= 11 is 0. The van der Waals surface area contributed by atoms with E-state index in [-0.39, 0.29) is 24.1 Å². The molecule has 0 saturated heterocycles. The fraction of sp³-hybridized carbons (Fsp3) is 0.318. The molecule has 1 unspecified atom stereocenters. The molecule has 0 aliphatic rings. The number of benzene rings is 2. The molecule has 2 aromatic carbocycles. The van der Waals surface area contributed by atoms with Crippen LogP contribution in [0, 0.1) is 0 Å². The summed E-state index contributed by atoms with van der Waals surface area (Å²) in [5, 5.41) is 3.60. The van der Waals surface area contributed by atoms with Crippen LogP contribution < -0.4 is 15.8 Å². The van der Waals surface area contributed by atoms with Gasteiger partial charge in [0.25, 0.3) is 11.5 Å². The second kappa shape index (κ2) is 9.95. The van der Waals surface area contributed by atoms with E-state index in [4.69, 9.17) is 4.74 Å². The molecular weight excluding hydrogens is 368 g/mol. The Bertz CT molecular complexity index is 1000. The van der Waals surface area contributed by atoms with Gasteiger partial charge in [-0.3, -0.25) is 9.59 Å². The first-order valence-corrected chi connectivity index (χ1v) is 9.71. The molecule has 3 rings (SSSR count). The summed E-state index contributed by atoms with van der Waals surface area (Å²) in [5.41, 5.74) is 1.54. The lowest BCUT2D eigenvalue weighted by Crippen LogP contribution is -3.12. The zero-order valence-electron chi connectivity index (χ0n) is 16.8. The second-order valence-electron chi connectivity index (χ2n) is 7.08. The van der Waals surface area contributed by atoms with Crippen molar-refractivity contribution >= 4 is 16.8 Å². The topological polar surface area (TPSA) is 88.5 Å². The Morgan fingerprint density at radius 2 is 1.90 bits per heavy atom. The maximum atomic E-state index is 12.6. The van der Waals surface area contributed by atoms with E-state index < -0.39 is 0 Å². The van der Waals surface area contributed by atoms with Crippen molar-refractivity contribution < 1.29 is 14.4 Å². The minimum atomic E-state index is -0.168. The van der Waals surface area contributed by atoms with Crippen LogP contribution in [-0.2, 0) is 16.1 Å². The Balaban J connectivity index is 1.69. The van der Waals surface area contributed by atoms with Crippen LogP contribution in [0.15, 0.2) is 59.4 Å². The Kier molecular flexibility index (Phi) is 7.10. The third-order valence-corrected chi connectivity index (χ3v) is 4.83. The molecule has 29 heavy (non-hydrogen) atoms. The van der Waals surface area contributed by atoms with Crippen LogP contribution in [0.5, 0.6) is 0 Å². The first-order chi connectivity index (χ1) is 14.1. The van der Waals surface area contributed by atoms with E-state index in [9.17, 15) is 9.59 Å². The molecular formula is C22H27N4O3+. The molecule has 1 amide bonds. The van der Waals surface area contributed by atoms with Crippen molar-refractivity contribution in [2.24, 2.45) is 0 Å². The number of fused-ring (bicyclic) bond motifs is 1. The lowest BCUT2D eigenvalue weighted by Gasteiger charge is -2.20. The highest BCUT2D eigenvalue weighted by Crippen LogP contribution is 2.10. The summed E-state index contributed by atoms with van der Waals surface area (Å²) in [6.07, 6.45) is 0. The normalized spacial score (nSPS) is 13.2. The van der Waals surface area contributed by atoms with Gasteiger partial charge in [0.2, 0.25) is 0 Å². The summed E-state index contributed by atoms with van der Waals surface area (Å²) in [6.45, 7) is 3.78. The maximum absolute atomic E-state index is 12.6. The number of nitrogens with zero attached hydrogens (tertiary/aromatic N) is 1. The highest BCUT2D eigenvalue weighted by molar-refractivity contribution is 5.77. The smallest absolute Gasteiger partial charge is 0.275 e. The van der Waals surface area contributed by atoms with Crippen molar-refractivity contribution in [1.29, 1.82) is 0 Å². The monoisotopic (exact) mass is 395 g/mol. The van der Waals surface area contributed by atoms with Gasteiger partial charge in [0.05, 0.1) is 23.6 Å². The molecule has 0 saturated carbocycles. The van der Waals surface area contributed by atoms with Crippen molar-refractivity contribution in [2.45, 2.75) is 19.5 Å². The molecule has 7 nitrogen and oxygen atoms in total. The number of hydrogen-bond donors (Lipinski definition) is 3. The number of carbonyl (C=O) groups is 1. The average molecular weight is 395 g/mol. The van der Waals surface area contributed by atoms with Gasteiger partial charge in [-0.2, -0.15) is 0 Å². The summed E-state index contributed by atoms with van der Waals surface area (Å²) in [5.74, 6) is 0.499. The first-order valence-electron chi connectivity index (χ1n) is 9.71. The quantitative estimate of drug-likeness (QED) is 0.501. The number of hydrogen-bond acceptors (Lipinski definition) is 4. The molecule has 0 spiro atoms. The Morgan fingerprint density at radius 1 is 1.17 bits per heavy atom. The Labute approximate surface area is 169 Å². The lowest BCUT2D eigenvalue weighted by molar-refractivity contribution is -0.906. The number of methoxy groups -OCH3 is 1. The summed E-state index contributed by atoms with van der Waals surface area (Å²) in [7, 11) is 1.63. The predicted molar refractivity (Wildman–Crippen MR) is 112 cm³/mol. The third kappa shape index (κ3) is 5.73. The zero-order valence-corrected chi connectivity index (χ0v) is 16.8. The number of aromatic amines is 1. The number of nitrogens with one attached hydrogen (secondary N) is 3. The zero-order chi connectivity index (χ0) is 20.6. The van der Waals surface area contributed by atoms with E-state index in [0.29, 0.717) is 36.4 Å². The number of H-pyrrole nitrogens is 1. The summed E-state index contributed by atoms with van der Waals surface area (Å²) in [4.78, 5) is 33.3. The molecule has 1 aromatic heterocycles. The fourth-order valence-electron chi connectivity index (χ4n) is 3.29. The highest BCUT2D eigenvalue weighted by Gasteiger charge is 2.18. The minimum Gasteiger partial charge on any atom is -0.379 e. The largest absolute Gasteiger partial charge is 0.379 e. The summed E-state index contributed by atoms with van der Waals surface area (Å²) < 4.78 is 5.19. The number of carbonyl (C=O) groups excluding carboxylic acids is 1. The molecule has 3 N–H and O–H groups in total. The van der Waals surface area contributed by atoms with E-state index in [0.717, 1.165) is 10.5 Å². The highest BCUT2D eigenvalue weighted by atomic mass is 16.5. The SMILES string of the molecule is COCC[NH+](CC(=O)N[C@@H](C)c1ccccc1)Cc1nc2ccccc2c(=O)[nH]1. The molecule has 1 heterocycles. The van der Waals surface area contributed by atoms with Crippen molar-refractivity contribution in [3.05, 3.63) is 76.3 Å². The van der Waals surface area contributed by atoms with Gasteiger partial charge < -0.3 is 19.9 Å². The fourth-order valence-corrected chi connectivity index (χ4v) is 3.29. The van der Waals surface area contributed by atoms with Gasteiger partial charge in [-0.05, 0) is 24.6 Å². The number of ether oxygens (including phenoxy) is 1. The van der Waals surface area contributed by atoms with Crippen LogP contribution in [0.25, 0.3) is 10.9 Å². The molecule has 3 aromatic rings. The number of quaternary nitrogens is 1.